The van der Waals surface area contributed by atoms with E-state index in [1.54, 1.807) is 0 Å². The second kappa shape index (κ2) is 10.5. The number of esters is 1. The molecule has 1 aromatic rings. The van der Waals surface area contributed by atoms with Gasteiger partial charge >= 0.3 is 5.97 Å². The second-order valence-corrected chi connectivity index (χ2v) is 9.51. The van der Waals surface area contributed by atoms with E-state index in [2.05, 4.69) is 32.9 Å². The van der Waals surface area contributed by atoms with Crippen LogP contribution in [0.5, 0.6) is 0 Å². The van der Waals surface area contributed by atoms with E-state index in [0.717, 1.165) is 30.6 Å². The predicted molar refractivity (Wildman–Crippen MR) is 117 cm³/mol. The van der Waals surface area contributed by atoms with Crippen LogP contribution in [0.25, 0.3) is 0 Å². The van der Waals surface area contributed by atoms with Crippen LogP contribution in [0.3, 0.4) is 0 Å². The van der Waals surface area contributed by atoms with E-state index in [1.165, 1.54) is 63.4 Å². The first-order valence-corrected chi connectivity index (χ1v) is 11.9. The Bertz CT molecular complexity index is 597. The molecule has 0 heterocycles. The van der Waals surface area contributed by atoms with Gasteiger partial charge < -0.3 is 4.74 Å². The summed E-state index contributed by atoms with van der Waals surface area (Å²) < 4.78 is 5.81. The average molecular weight is 385 g/mol. The molecule has 0 amide bonds. The molecule has 28 heavy (non-hydrogen) atoms. The van der Waals surface area contributed by atoms with Gasteiger partial charge in [-0.1, -0.05) is 58.6 Å². The highest BCUT2D eigenvalue weighted by Crippen LogP contribution is 2.41. The van der Waals surface area contributed by atoms with Gasteiger partial charge in [-0.2, -0.15) is 0 Å². The van der Waals surface area contributed by atoms with E-state index in [1.807, 2.05) is 12.1 Å². The maximum absolute atomic E-state index is 12.6. The number of benzene rings is 1. The van der Waals surface area contributed by atoms with Crippen molar-refractivity contribution in [3.8, 4) is 0 Å². The van der Waals surface area contributed by atoms with Crippen molar-refractivity contribution in [2.45, 2.75) is 103 Å². The molecule has 0 aromatic heterocycles. The summed E-state index contributed by atoms with van der Waals surface area (Å²) in [7, 11) is 0. The van der Waals surface area contributed by atoms with Crippen molar-refractivity contribution in [3.63, 3.8) is 0 Å². The van der Waals surface area contributed by atoms with Crippen molar-refractivity contribution < 1.29 is 9.53 Å². The van der Waals surface area contributed by atoms with Crippen LogP contribution in [0.15, 0.2) is 24.3 Å². The maximum atomic E-state index is 12.6. The minimum atomic E-state index is -0.134. The first kappa shape index (κ1) is 21.4. The van der Waals surface area contributed by atoms with Crippen LogP contribution in [0, 0.1) is 17.8 Å². The molecule has 2 saturated carbocycles. The van der Waals surface area contributed by atoms with Gasteiger partial charge in [0.15, 0.2) is 0 Å². The number of hydrogen-bond donors (Lipinski definition) is 0. The monoisotopic (exact) mass is 384 g/mol. The molecule has 2 heteroatoms. The van der Waals surface area contributed by atoms with Gasteiger partial charge in [-0.25, -0.2) is 4.79 Å². The Morgan fingerprint density at radius 3 is 2.11 bits per heavy atom. The fourth-order valence-corrected chi connectivity index (χ4v) is 5.71. The first-order valence-electron chi connectivity index (χ1n) is 11.9. The zero-order chi connectivity index (χ0) is 19.9. The lowest BCUT2D eigenvalue weighted by Crippen LogP contribution is -2.24. The lowest BCUT2D eigenvalue weighted by molar-refractivity contribution is 0.0161. The molecule has 2 fully saturated rings. The molecule has 156 valence electrons. The summed E-state index contributed by atoms with van der Waals surface area (Å²) in [6.45, 7) is 6.96. The van der Waals surface area contributed by atoms with Crippen molar-refractivity contribution in [2.24, 2.45) is 17.8 Å². The van der Waals surface area contributed by atoms with Gasteiger partial charge in [-0.3, -0.25) is 0 Å². The number of ether oxygens (including phenoxy) is 1. The van der Waals surface area contributed by atoms with Gasteiger partial charge in [0, 0.05) is 0 Å². The van der Waals surface area contributed by atoms with E-state index in [9.17, 15) is 4.79 Å². The smallest absolute Gasteiger partial charge is 0.338 e. The Morgan fingerprint density at radius 2 is 1.50 bits per heavy atom. The van der Waals surface area contributed by atoms with Crippen molar-refractivity contribution >= 4 is 5.97 Å². The molecule has 2 aliphatic carbocycles. The molecule has 0 N–H and O–H groups in total. The molecule has 1 aromatic carbocycles. The minimum absolute atomic E-state index is 0.120. The number of rotatable bonds is 7. The molecule has 0 aliphatic heterocycles. The summed E-state index contributed by atoms with van der Waals surface area (Å²) in [5.41, 5.74) is 2.12. The summed E-state index contributed by atoms with van der Waals surface area (Å²) in [5, 5.41) is 0. The SMILES string of the molecule is CCCC1CCC(OC(=O)c2ccc(C3CCC(CCC)CC3C)cc2)CC1. The van der Waals surface area contributed by atoms with Crippen LogP contribution in [0.2, 0.25) is 0 Å². The first-order chi connectivity index (χ1) is 13.6. The lowest BCUT2D eigenvalue weighted by Gasteiger charge is -2.34. The van der Waals surface area contributed by atoms with Crippen LogP contribution in [0.1, 0.15) is 113 Å². The third-order valence-electron chi connectivity index (χ3n) is 7.31. The zero-order valence-corrected chi connectivity index (χ0v) is 18.3. The standard InChI is InChI=1S/C26H40O2/c1-4-6-20-8-15-24(16-9-20)28-26(27)23-13-11-22(12-14-23)25-17-10-21(7-5-2)18-19(25)3/h11-14,19-21,24-25H,4-10,15-18H2,1-3H3. The normalized spacial score (nSPS) is 30.8. The van der Waals surface area contributed by atoms with Crippen LogP contribution < -0.4 is 0 Å². The van der Waals surface area contributed by atoms with Gasteiger partial charge in [0.1, 0.15) is 6.10 Å². The fraction of sp³-hybridized carbons (Fsp3) is 0.731. The molecule has 2 nitrogen and oxygen atoms in total. The van der Waals surface area contributed by atoms with Gasteiger partial charge in [-0.05, 0) is 86.3 Å². The van der Waals surface area contributed by atoms with Crippen molar-refractivity contribution in [3.05, 3.63) is 35.4 Å². The largest absolute Gasteiger partial charge is 0.459 e. The van der Waals surface area contributed by atoms with E-state index in [0.29, 0.717) is 11.5 Å². The molecule has 0 radical (unpaired) electrons. The molecular weight excluding hydrogens is 344 g/mol. The van der Waals surface area contributed by atoms with Crippen molar-refractivity contribution in [1.29, 1.82) is 0 Å². The van der Waals surface area contributed by atoms with E-state index in [4.69, 9.17) is 4.74 Å². The molecule has 3 atom stereocenters. The summed E-state index contributed by atoms with van der Waals surface area (Å²) in [4.78, 5) is 12.6. The second-order valence-electron chi connectivity index (χ2n) is 9.51. The Kier molecular flexibility index (Phi) is 8.00. The van der Waals surface area contributed by atoms with Crippen molar-refractivity contribution in [2.75, 3.05) is 0 Å². The van der Waals surface area contributed by atoms with Crippen molar-refractivity contribution in [1.82, 2.24) is 0 Å². The summed E-state index contributed by atoms with van der Waals surface area (Å²) in [6, 6.07) is 8.34. The van der Waals surface area contributed by atoms with Gasteiger partial charge in [-0.15, -0.1) is 0 Å². The summed E-state index contributed by atoms with van der Waals surface area (Å²) in [5.74, 6) is 3.00. The highest BCUT2D eigenvalue weighted by molar-refractivity contribution is 5.89. The van der Waals surface area contributed by atoms with Crippen LogP contribution in [0.4, 0.5) is 0 Å². The quantitative estimate of drug-likeness (QED) is 0.454. The van der Waals surface area contributed by atoms with Gasteiger partial charge in [0.25, 0.3) is 0 Å². The van der Waals surface area contributed by atoms with Crippen LogP contribution >= 0.6 is 0 Å². The maximum Gasteiger partial charge on any atom is 0.338 e. The number of hydrogen-bond acceptors (Lipinski definition) is 2. The molecule has 0 spiro atoms. The number of carbonyl (C=O) groups is 1. The predicted octanol–water partition coefficient (Wildman–Crippen LogP) is 7.52. The van der Waals surface area contributed by atoms with E-state index < -0.39 is 0 Å². The lowest BCUT2D eigenvalue weighted by atomic mass is 9.71. The fourth-order valence-electron chi connectivity index (χ4n) is 5.71. The average Bonchev–Trinajstić information content (AvgIpc) is 2.70. The van der Waals surface area contributed by atoms with E-state index in [-0.39, 0.29) is 12.1 Å². The topological polar surface area (TPSA) is 26.3 Å². The van der Waals surface area contributed by atoms with E-state index >= 15 is 0 Å². The summed E-state index contributed by atoms with van der Waals surface area (Å²) >= 11 is 0. The Labute approximate surface area is 172 Å². The third-order valence-corrected chi connectivity index (χ3v) is 7.31. The molecule has 0 saturated heterocycles. The Hall–Kier alpha value is -1.31. The minimum Gasteiger partial charge on any atom is -0.459 e. The highest BCUT2D eigenvalue weighted by atomic mass is 16.5. The van der Waals surface area contributed by atoms with Crippen LogP contribution in [-0.4, -0.2) is 12.1 Å². The molecule has 3 unspecified atom stereocenters. The van der Waals surface area contributed by atoms with Crippen LogP contribution in [-0.2, 0) is 4.74 Å². The Morgan fingerprint density at radius 1 is 0.893 bits per heavy atom. The molecule has 0 bridgehead atoms. The molecular formula is C26H40O2. The summed E-state index contributed by atoms with van der Waals surface area (Å²) in [6.07, 6.45) is 13.9. The number of carbonyl (C=O) groups excluding carboxylic acids is 1. The molecule has 3 rings (SSSR count). The van der Waals surface area contributed by atoms with Gasteiger partial charge in [0.05, 0.1) is 5.56 Å². The zero-order valence-electron chi connectivity index (χ0n) is 18.3. The molecule has 2 aliphatic rings. The highest BCUT2D eigenvalue weighted by Gasteiger charge is 2.28. The van der Waals surface area contributed by atoms with Gasteiger partial charge in [0.2, 0.25) is 0 Å². The third kappa shape index (κ3) is 5.61. The Balaban J connectivity index is 1.51.